The minimum absolute atomic E-state index is 0.0965. The van der Waals surface area contributed by atoms with Crippen LogP contribution in [0.15, 0.2) is 53.4 Å². The highest BCUT2D eigenvalue weighted by molar-refractivity contribution is 8.01. The van der Waals surface area contributed by atoms with Gasteiger partial charge in [0, 0.05) is 10.5 Å². The summed E-state index contributed by atoms with van der Waals surface area (Å²) in [7, 11) is 1.54. The fraction of sp³-hybridized carbons (Fsp3) is 0.211. The molecular weight excluding hydrogens is 354 g/mol. The second-order valence-electron chi connectivity index (χ2n) is 5.61. The zero-order chi connectivity index (χ0) is 18.5. The molecule has 3 rings (SSSR count). The summed E-state index contributed by atoms with van der Waals surface area (Å²) < 4.78 is 10.1. The monoisotopic (exact) mass is 371 g/mol. The first-order valence-electron chi connectivity index (χ1n) is 7.96. The van der Waals surface area contributed by atoms with Crippen LogP contribution < -0.4 is 10.1 Å². The molecule has 1 N–H and O–H groups in total. The van der Waals surface area contributed by atoms with Gasteiger partial charge in [0.25, 0.3) is 0 Å². The molecule has 0 aromatic heterocycles. The predicted molar refractivity (Wildman–Crippen MR) is 97.6 cm³/mol. The first-order chi connectivity index (χ1) is 12.6. The summed E-state index contributed by atoms with van der Waals surface area (Å²) in [4.78, 5) is 37.1. The molecule has 0 radical (unpaired) electrons. The zero-order valence-corrected chi connectivity index (χ0v) is 14.9. The number of ether oxygens (including phenoxy) is 2. The number of anilines is 1. The minimum atomic E-state index is -0.584. The van der Waals surface area contributed by atoms with E-state index in [0.717, 1.165) is 10.6 Å². The molecule has 1 aliphatic heterocycles. The second-order valence-corrected chi connectivity index (χ2v) is 6.85. The smallest absolute Gasteiger partial charge is 0.307 e. The Hall–Kier alpha value is -2.80. The molecule has 0 bridgehead atoms. The van der Waals surface area contributed by atoms with Gasteiger partial charge in [-0.25, -0.2) is 0 Å². The first-order valence-corrected chi connectivity index (χ1v) is 8.84. The molecule has 0 saturated carbocycles. The molecule has 1 atom stereocenters. The minimum Gasteiger partial charge on any atom is -0.497 e. The molecule has 26 heavy (non-hydrogen) atoms. The van der Waals surface area contributed by atoms with Crippen molar-refractivity contribution in [3.05, 3.63) is 54.1 Å². The Bertz CT molecular complexity index is 834. The zero-order valence-electron chi connectivity index (χ0n) is 14.1. The number of thioether (sulfide) groups is 1. The molecule has 0 unspecified atom stereocenters. The van der Waals surface area contributed by atoms with Crippen LogP contribution in [0.3, 0.4) is 0 Å². The third-order valence-electron chi connectivity index (χ3n) is 3.83. The Morgan fingerprint density at radius 2 is 1.85 bits per heavy atom. The van der Waals surface area contributed by atoms with E-state index in [1.807, 2.05) is 24.3 Å². The number of amides is 1. The van der Waals surface area contributed by atoms with Crippen LogP contribution in [0.2, 0.25) is 0 Å². The Balaban J connectivity index is 1.52. The van der Waals surface area contributed by atoms with E-state index >= 15 is 0 Å². The van der Waals surface area contributed by atoms with Gasteiger partial charge < -0.3 is 14.8 Å². The number of rotatable bonds is 6. The third-order valence-corrected chi connectivity index (χ3v) is 5.11. The average Bonchev–Trinajstić information content (AvgIpc) is 2.66. The van der Waals surface area contributed by atoms with Crippen molar-refractivity contribution in [3.8, 4) is 5.75 Å². The Morgan fingerprint density at radius 1 is 1.12 bits per heavy atom. The maximum absolute atomic E-state index is 12.1. The van der Waals surface area contributed by atoms with Gasteiger partial charge in [0.1, 0.15) is 5.75 Å². The Kier molecular flexibility index (Phi) is 5.58. The van der Waals surface area contributed by atoms with Gasteiger partial charge in [-0.1, -0.05) is 12.1 Å². The third kappa shape index (κ3) is 4.23. The van der Waals surface area contributed by atoms with Gasteiger partial charge in [-0.05, 0) is 36.4 Å². The summed E-state index contributed by atoms with van der Waals surface area (Å²) in [6, 6.07) is 13.9. The summed E-state index contributed by atoms with van der Waals surface area (Å²) in [6.07, 6.45) is -0.0965. The van der Waals surface area contributed by atoms with Crippen LogP contribution in [-0.2, 0) is 14.3 Å². The van der Waals surface area contributed by atoms with Crippen molar-refractivity contribution >= 4 is 35.1 Å². The van der Waals surface area contributed by atoms with Gasteiger partial charge in [0.05, 0.1) is 24.5 Å². The van der Waals surface area contributed by atoms with Crippen molar-refractivity contribution in [2.45, 2.75) is 16.6 Å². The Morgan fingerprint density at radius 3 is 2.58 bits per heavy atom. The molecule has 1 amide bonds. The number of methoxy groups -OCH3 is 1. The lowest BCUT2D eigenvalue weighted by Gasteiger charge is -2.23. The quantitative estimate of drug-likeness (QED) is 0.621. The molecule has 0 aliphatic carbocycles. The molecule has 0 saturated heterocycles. The number of fused-ring (bicyclic) bond motifs is 1. The van der Waals surface area contributed by atoms with Crippen molar-refractivity contribution in [1.29, 1.82) is 0 Å². The molecule has 2 aromatic carbocycles. The number of ketones is 1. The van der Waals surface area contributed by atoms with E-state index in [1.54, 1.807) is 24.3 Å². The molecule has 6 nitrogen and oxygen atoms in total. The maximum atomic E-state index is 12.1. The largest absolute Gasteiger partial charge is 0.497 e. The number of hydrogen-bond donors (Lipinski definition) is 1. The van der Waals surface area contributed by atoms with E-state index in [9.17, 15) is 14.4 Å². The summed E-state index contributed by atoms with van der Waals surface area (Å²) >= 11 is 1.32. The number of hydrogen-bond acceptors (Lipinski definition) is 6. The van der Waals surface area contributed by atoms with E-state index in [2.05, 4.69) is 5.32 Å². The van der Waals surface area contributed by atoms with Crippen molar-refractivity contribution in [3.63, 3.8) is 0 Å². The summed E-state index contributed by atoms with van der Waals surface area (Å²) in [5, 5.41) is 2.20. The topological polar surface area (TPSA) is 81.7 Å². The molecule has 134 valence electrons. The number of nitrogens with one attached hydrogen (secondary N) is 1. The van der Waals surface area contributed by atoms with E-state index < -0.39 is 11.2 Å². The van der Waals surface area contributed by atoms with Gasteiger partial charge in [-0.3, -0.25) is 14.4 Å². The molecule has 1 heterocycles. The van der Waals surface area contributed by atoms with Crippen LogP contribution in [0.1, 0.15) is 16.8 Å². The standard InChI is InChI=1S/C19H17NO5S/c1-24-13-8-6-12(7-9-13)15(21)11-25-18(22)10-17-19(23)20-14-4-2-3-5-16(14)26-17/h2-9,17H,10-11H2,1H3,(H,20,23)/t17-/m1/s1. The van der Waals surface area contributed by atoms with Crippen molar-refractivity contribution in [2.75, 3.05) is 19.0 Å². The lowest BCUT2D eigenvalue weighted by Crippen LogP contribution is -2.31. The van der Waals surface area contributed by atoms with Gasteiger partial charge in [0.2, 0.25) is 5.91 Å². The van der Waals surface area contributed by atoms with Crippen molar-refractivity contribution in [2.24, 2.45) is 0 Å². The molecule has 7 heteroatoms. The van der Waals surface area contributed by atoms with Crippen LogP contribution in [0.4, 0.5) is 5.69 Å². The van der Waals surface area contributed by atoms with E-state index in [4.69, 9.17) is 9.47 Å². The normalized spacial score (nSPS) is 15.6. The predicted octanol–water partition coefficient (Wildman–Crippen LogP) is 2.92. The van der Waals surface area contributed by atoms with Gasteiger partial charge in [-0.15, -0.1) is 11.8 Å². The fourth-order valence-electron chi connectivity index (χ4n) is 2.44. The highest BCUT2D eigenvalue weighted by Gasteiger charge is 2.29. The van der Waals surface area contributed by atoms with Crippen LogP contribution in [0.5, 0.6) is 5.75 Å². The second kappa shape index (κ2) is 8.05. The van der Waals surface area contributed by atoms with E-state index in [1.165, 1.54) is 18.9 Å². The number of Topliss-reactive ketones (excluding diaryl/α,β-unsaturated/α-hetero) is 1. The van der Waals surface area contributed by atoms with Gasteiger partial charge in [0.15, 0.2) is 12.4 Å². The number of carbonyl (C=O) groups excluding carboxylic acids is 3. The van der Waals surface area contributed by atoms with Crippen LogP contribution in [-0.4, -0.2) is 36.6 Å². The SMILES string of the molecule is COc1ccc(C(=O)COC(=O)C[C@H]2Sc3ccccc3NC2=O)cc1. The fourth-order valence-corrected chi connectivity index (χ4v) is 3.54. The molecule has 2 aromatic rings. The van der Waals surface area contributed by atoms with Gasteiger partial charge in [-0.2, -0.15) is 0 Å². The number of esters is 1. The maximum Gasteiger partial charge on any atom is 0.307 e. The molecular formula is C19H17NO5S. The van der Waals surface area contributed by atoms with Crippen LogP contribution in [0, 0.1) is 0 Å². The van der Waals surface area contributed by atoms with Crippen molar-refractivity contribution < 1.29 is 23.9 Å². The number of para-hydroxylation sites is 1. The average molecular weight is 371 g/mol. The highest BCUT2D eigenvalue weighted by Crippen LogP contribution is 2.36. The molecule has 0 spiro atoms. The summed E-state index contributed by atoms with van der Waals surface area (Å²) in [6.45, 7) is -0.360. The Labute approximate surface area is 154 Å². The van der Waals surface area contributed by atoms with E-state index in [0.29, 0.717) is 11.3 Å². The van der Waals surface area contributed by atoms with Gasteiger partial charge >= 0.3 is 5.97 Å². The highest BCUT2D eigenvalue weighted by atomic mass is 32.2. The molecule has 0 fully saturated rings. The van der Waals surface area contributed by atoms with E-state index in [-0.39, 0.29) is 24.7 Å². The molecule has 1 aliphatic rings. The first kappa shape index (κ1) is 18.0. The number of carbonyl (C=O) groups is 3. The van der Waals surface area contributed by atoms with Crippen LogP contribution >= 0.6 is 11.8 Å². The van der Waals surface area contributed by atoms with Crippen LogP contribution in [0.25, 0.3) is 0 Å². The lowest BCUT2D eigenvalue weighted by molar-refractivity contribution is -0.143. The summed E-state index contributed by atoms with van der Waals surface area (Å²) in [5.74, 6) is -0.503. The summed E-state index contributed by atoms with van der Waals surface area (Å²) in [5.41, 5.74) is 1.17. The lowest BCUT2D eigenvalue weighted by atomic mass is 10.1. The number of benzene rings is 2. The van der Waals surface area contributed by atoms with Crippen molar-refractivity contribution in [1.82, 2.24) is 0 Å².